The molecule has 0 aliphatic heterocycles. The van der Waals surface area contributed by atoms with E-state index in [9.17, 15) is 9.90 Å². The van der Waals surface area contributed by atoms with Gasteiger partial charge in [-0.25, -0.2) is 4.99 Å². The molecule has 0 radical (unpaired) electrons. The molecule has 1 amide bonds. The van der Waals surface area contributed by atoms with Crippen molar-refractivity contribution in [3.05, 3.63) is 52.2 Å². The fourth-order valence-corrected chi connectivity index (χ4v) is 3.09. The first-order chi connectivity index (χ1) is 12.9. The van der Waals surface area contributed by atoms with Gasteiger partial charge < -0.3 is 21.1 Å². The van der Waals surface area contributed by atoms with Gasteiger partial charge in [-0.2, -0.15) is 11.3 Å². The van der Waals surface area contributed by atoms with Crippen molar-refractivity contribution in [1.82, 2.24) is 10.6 Å². The predicted molar refractivity (Wildman–Crippen MR) is 126 cm³/mol. The molecule has 8 heteroatoms. The van der Waals surface area contributed by atoms with Gasteiger partial charge in [0.2, 0.25) is 5.91 Å². The zero-order valence-electron chi connectivity index (χ0n) is 15.9. The van der Waals surface area contributed by atoms with Crippen molar-refractivity contribution in [3.8, 4) is 12.3 Å². The number of aliphatic hydroxyl groups is 1. The van der Waals surface area contributed by atoms with Crippen LogP contribution in [0.1, 0.15) is 25.0 Å². The first-order valence-corrected chi connectivity index (χ1v) is 9.52. The number of aliphatic imine (C=N–C) groups is 1. The van der Waals surface area contributed by atoms with Gasteiger partial charge in [0, 0.05) is 17.8 Å². The molecule has 4 N–H and O–H groups in total. The molecule has 28 heavy (non-hydrogen) atoms. The number of carbonyl (C=O) groups excluding carboxylic acids is 1. The molecule has 1 heterocycles. The number of guanidine groups is 1. The summed E-state index contributed by atoms with van der Waals surface area (Å²) in [5.41, 5.74) is 1.13. The van der Waals surface area contributed by atoms with Crippen molar-refractivity contribution in [2.45, 2.75) is 19.4 Å². The minimum absolute atomic E-state index is 0. The highest BCUT2D eigenvalue weighted by molar-refractivity contribution is 14.0. The fourth-order valence-electron chi connectivity index (χ4n) is 2.31. The van der Waals surface area contributed by atoms with Gasteiger partial charge in [-0.1, -0.05) is 12.0 Å². The molecule has 150 valence electrons. The largest absolute Gasteiger partial charge is 0.384 e. The van der Waals surface area contributed by atoms with Crippen LogP contribution in [0.15, 0.2) is 46.1 Å². The zero-order chi connectivity index (χ0) is 19.7. The van der Waals surface area contributed by atoms with Crippen LogP contribution in [-0.4, -0.2) is 36.6 Å². The highest BCUT2D eigenvalue weighted by atomic mass is 127. The number of nitrogens with one attached hydrogen (secondary N) is 3. The van der Waals surface area contributed by atoms with E-state index < -0.39 is 5.60 Å². The second-order valence-electron chi connectivity index (χ2n) is 6.11. The van der Waals surface area contributed by atoms with Crippen LogP contribution >= 0.6 is 35.3 Å². The van der Waals surface area contributed by atoms with Gasteiger partial charge >= 0.3 is 0 Å². The van der Waals surface area contributed by atoms with Gasteiger partial charge in [-0.15, -0.1) is 30.4 Å². The average molecular weight is 512 g/mol. The second-order valence-corrected chi connectivity index (χ2v) is 6.89. The summed E-state index contributed by atoms with van der Waals surface area (Å²) in [6, 6.07) is 8.95. The highest BCUT2D eigenvalue weighted by Gasteiger charge is 2.23. The van der Waals surface area contributed by atoms with Gasteiger partial charge in [-0.3, -0.25) is 4.79 Å². The Kier molecular flexibility index (Phi) is 9.99. The Bertz CT molecular complexity index is 829. The molecule has 1 aromatic heterocycles. The average Bonchev–Trinajstić information content (AvgIpc) is 3.20. The molecule has 0 saturated heterocycles. The molecule has 1 unspecified atom stereocenters. The van der Waals surface area contributed by atoms with Gasteiger partial charge in [0.25, 0.3) is 0 Å². The minimum atomic E-state index is -1.03. The third kappa shape index (κ3) is 7.50. The van der Waals surface area contributed by atoms with E-state index in [1.165, 1.54) is 11.3 Å². The van der Waals surface area contributed by atoms with Gasteiger partial charge in [0.05, 0.1) is 6.54 Å². The summed E-state index contributed by atoms with van der Waals surface area (Å²) in [5.74, 6) is 2.73. The Labute approximate surface area is 186 Å². The molecular weight excluding hydrogens is 487 g/mol. The van der Waals surface area contributed by atoms with Crippen molar-refractivity contribution >= 4 is 52.9 Å². The Morgan fingerprint density at radius 1 is 1.36 bits per heavy atom. The van der Waals surface area contributed by atoms with Crippen molar-refractivity contribution in [3.63, 3.8) is 0 Å². The molecule has 0 aliphatic rings. The van der Waals surface area contributed by atoms with Crippen molar-refractivity contribution in [1.29, 1.82) is 0 Å². The summed E-state index contributed by atoms with van der Waals surface area (Å²) >= 11 is 1.53. The van der Waals surface area contributed by atoms with E-state index in [2.05, 4.69) is 26.9 Å². The lowest BCUT2D eigenvalue weighted by atomic mass is 9.99. The van der Waals surface area contributed by atoms with E-state index in [1.807, 2.05) is 23.8 Å². The molecule has 0 aliphatic carbocycles. The van der Waals surface area contributed by atoms with E-state index in [0.717, 1.165) is 5.56 Å². The summed E-state index contributed by atoms with van der Waals surface area (Å²) in [5, 5.41) is 23.3. The molecule has 6 nitrogen and oxygen atoms in total. The number of amides is 1. The topological polar surface area (TPSA) is 85.8 Å². The molecular formula is C20H25IN4O2S. The Morgan fingerprint density at radius 2 is 2.14 bits per heavy atom. The monoisotopic (exact) mass is 512 g/mol. The number of anilines is 1. The molecule has 0 saturated carbocycles. The van der Waals surface area contributed by atoms with Crippen LogP contribution in [0, 0.1) is 12.3 Å². The van der Waals surface area contributed by atoms with Gasteiger partial charge in [0.15, 0.2) is 5.96 Å². The lowest BCUT2D eigenvalue weighted by molar-refractivity contribution is -0.114. The Hall–Kier alpha value is -2.09. The third-order valence-electron chi connectivity index (χ3n) is 3.78. The lowest BCUT2D eigenvalue weighted by Gasteiger charge is -2.24. The van der Waals surface area contributed by atoms with E-state index >= 15 is 0 Å². The number of benzene rings is 1. The smallest absolute Gasteiger partial charge is 0.246 e. The summed E-state index contributed by atoms with van der Waals surface area (Å²) in [7, 11) is 0. The third-order valence-corrected chi connectivity index (χ3v) is 4.46. The number of halogens is 1. The summed E-state index contributed by atoms with van der Waals surface area (Å²) in [6.07, 6.45) is 5.36. The Morgan fingerprint density at radius 3 is 2.79 bits per heavy atom. The molecule has 0 fully saturated rings. The van der Waals surface area contributed by atoms with Crippen LogP contribution in [0.25, 0.3) is 0 Å². The first kappa shape index (κ1) is 23.9. The van der Waals surface area contributed by atoms with Crippen LogP contribution in [0.4, 0.5) is 5.69 Å². The molecule has 0 spiro atoms. The molecule has 1 aromatic carbocycles. The number of carbonyl (C=O) groups is 1. The SMILES string of the molecule is C#Cc1cccc(NC(=O)CN=C(NCC)NCC(C)(O)c2ccsc2)c1.I. The van der Waals surface area contributed by atoms with Crippen molar-refractivity contribution < 1.29 is 9.90 Å². The quantitative estimate of drug-likeness (QED) is 0.199. The van der Waals surface area contributed by atoms with E-state index in [4.69, 9.17) is 6.42 Å². The highest BCUT2D eigenvalue weighted by Crippen LogP contribution is 2.21. The number of hydrogen-bond donors (Lipinski definition) is 4. The molecule has 2 aromatic rings. The number of nitrogens with zero attached hydrogens (tertiary/aromatic N) is 1. The van der Waals surface area contributed by atoms with Crippen LogP contribution in [0.2, 0.25) is 0 Å². The number of hydrogen-bond acceptors (Lipinski definition) is 4. The van der Waals surface area contributed by atoms with Gasteiger partial charge in [-0.05, 0) is 54.4 Å². The maximum absolute atomic E-state index is 12.1. The molecule has 1 atom stereocenters. The van der Waals surface area contributed by atoms with Crippen LogP contribution in [0.3, 0.4) is 0 Å². The van der Waals surface area contributed by atoms with E-state index in [0.29, 0.717) is 23.8 Å². The summed E-state index contributed by atoms with van der Waals surface area (Å²) in [6.45, 7) is 4.51. The normalized spacial score (nSPS) is 12.9. The van der Waals surface area contributed by atoms with E-state index in [-0.39, 0.29) is 43.0 Å². The predicted octanol–water partition coefficient (Wildman–Crippen LogP) is 2.75. The second kappa shape index (κ2) is 11.7. The molecule has 0 bridgehead atoms. The maximum Gasteiger partial charge on any atom is 0.246 e. The lowest BCUT2D eigenvalue weighted by Crippen LogP contribution is -2.44. The maximum atomic E-state index is 12.1. The van der Waals surface area contributed by atoms with Crippen LogP contribution in [0.5, 0.6) is 0 Å². The Balaban J connectivity index is 0.00000392. The van der Waals surface area contributed by atoms with E-state index in [1.54, 1.807) is 31.2 Å². The van der Waals surface area contributed by atoms with Crippen LogP contribution < -0.4 is 16.0 Å². The van der Waals surface area contributed by atoms with Gasteiger partial charge in [0.1, 0.15) is 12.1 Å². The number of rotatable bonds is 7. The van der Waals surface area contributed by atoms with Crippen LogP contribution in [-0.2, 0) is 10.4 Å². The molecule has 2 rings (SSSR count). The summed E-state index contributed by atoms with van der Waals surface area (Å²) in [4.78, 5) is 16.4. The summed E-state index contributed by atoms with van der Waals surface area (Å²) < 4.78 is 0. The number of terminal acetylenes is 1. The van der Waals surface area contributed by atoms with Crippen molar-refractivity contribution in [2.24, 2.45) is 4.99 Å². The zero-order valence-corrected chi connectivity index (χ0v) is 19.0. The first-order valence-electron chi connectivity index (χ1n) is 8.58. The minimum Gasteiger partial charge on any atom is -0.384 e. The standard InChI is InChI=1S/C20H24N4O2S.HI/c1-4-15-7-6-8-17(11-15)24-18(25)12-22-19(21-5-2)23-14-20(3,26)16-9-10-27-13-16;/h1,6-11,13,26H,5,12,14H2,2-3H3,(H,24,25)(H2,21,22,23);1H. The fraction of sp³-hybridized carbons (Fsp3) is 0.300. The van der Waals surface area contributed by atoms with Crippen molar-refractivity contribution in [2.75, 3.05) is 25.0 Å². The number of thiophene rings is 1.